The molecule has 2 nitrogen and oxygen atoms in total. The van der Waals surface area contributed by atoms with E-state index in [-0.39, 0.29) is 0 Å². The zero-order chi connectivity index (χ0) is 41.7. The highest BCUT2D eigenvalue weighted by Gasteiger charge is 2.52. The van der Waals surface area contributed by atoms with Gasteiger partial charge in [-0.1, -0.05) is 188 Å². The van der Waals surface area contributed by atoms with Crippen LogP contribution in [0.2, 0.25) is 0 Å². The van der Waals surface area contributed by atoms with E-state index in [1.165, 1.54) is 66.8 Å². The highest BCUT2D eigenvalue weighted by Crippen LogP contribution is 2.65. The van der Waals surface area contributed by atoms with Crippen LogP contribution >= 0.6 is 0 Å². The van der Waals surface area contributed by atoms with E-state index < -0.39 is 5.41 Å². The molecule has 0 saturated carbocycles. The second kappa shape index (κ2) is 15.1. The zero-order valence-corrected chi connectivity index (χ0v) is 34.6. The molecular weight excluding hydrogens is 761 g/mol. The lowest BCUT2D eigenvalue weighted by Gasteiger charge is -2.33. The summed E-state index contributed by atoms with van der Waals surface area (Å²) in [4.78, 5) is 4.87. The molecule has 10 aromatic carbocycles. The maximum atomic E-state index is 2.48. The summed E-state index contributed by atoms with van der Waals surface area (Å²) in [6.45, 7) is 0. The Morgan fingerprint density at radius 2 is 0.651 bits per heavy atom. The van der Waals surface area contributed by atoms with Gasteiger partial charge in [0.05, 0.1) is 11.1 Å². The Bertz CT molecular complexity index is 3280. The van der Waals surface area contributed by atoms with Crippen LogP contribution in [0.1, 0.15) is 22.3 Å². The minimum absolute atomic E-state index is 0.563. The quantitative estimate of drug-likeness (QED) is 0.151. The summed E-state index contributed by atoms with van der Waals surface area (Å²) < 4.78 is 0. The van der Waals surface area contributed by atoms with E-state index in [1.54, 1.807) is 0 Å². The molecule has 0 fully saturated rings. The monoisotopic (exact) mass is 802 g/mol. The van der Waals surface area contributed by atoms with Crippen LogP contribution in [0.15, 0.2) is 255 Å². The lowest BCUT2D eigenvalue weighted by atomic mass is 9.70. The molecule has 10 aromatic rings. The molecule has 1 atom stereocenters. The van der Waals surface area contributed by atoms with Crippen molar-refractivity contribution >= 4 is 34.1 Å². The predicted octanol–water partition coefficient (Wildman–Crippen LogP) is 16.3. The van der Waals surface area contributed by atoms with Gasteiger partial charge >= 0.3 is 0 Å². The molecule has 1 spiro atoms. The summed E-state index contributed by atoms with van der Waals surface area (Å²) in [5.74, 6) is 0. The average molecular weight is 803 g/mol. The van der Waals surface area contributed by atoms with Gasteiger partial charge in [0.1, 0.15) is 0 Å². The van der Waals surface area contributed by atoms with Crippen molar-refractivity contribution in [2.45, 2.75) is 5.41 Å². The number of fused-ring (bicyclic) bond motifs is 10. The average Bonchev–Trinajstić information content (AvgIpc) is 3.83. The molecule has 12 rings (SSSR count). The molecule has 0 heterocycles. The first-order valence-electron chi connectivity index (χ1n) is 21.8. The highest BCUT2D eigenvalue weighted by molar-refractivity contribution is 6.02. The first-order valence-corrected chi connectivity index (χ1v) is 21.8. The molecule has 1 unspecified atom stereocenters. The molecule has 0 saturated heterocycles. The van der Waals surface area contributed by atoms with Crippen LogP contribution < -0.4 is 9.80 Å². The van der Waals surface area contributed by atoms with Crippen LogP contribution in [0.3, 0.4) is 0 Å². The number of hydrogen-bond acceptors (Lipinski definition) is 2. The number of anilines is 6. The van der Waals surface area contributed by atoms with Crippen molar-refractivity contribution in [3.05, 3.63) is 277 Å². The number of para-hydroxylation sites is 2. The lowest BCUT2D eigenvalue weighted by molar-refractivity contribution is 0.793. The molecular formula is C61H42N2. The number of hydrogen-bond donors (Lipinski definition) is 0. The summed E-state index contributed by atoms with van der Waals surface area (Å²) in [5.41, 5.74) is 21.2. The molecule has 2 aliphatic carbocycles. The van der Waals surface area contributed by atoms with E-state index in [0.717, 1.165) is 34.1 Å². The third-order valence-electron chi connectivity index (χ3n) is 13.0. The van der Waals surface area contributed by atoms with E-state index in [4.69, 9.17) is 0 Å². The van der Waals surface area contributed by atoms with Gasteiger partial charge in [-0.3, -0.25) is 0 Å². The highest BCUT2D eigenvalue weighted by atomic mass is 15.1. The molecule has 0 aliphatic heterocycles. The molecule has 0 amide bonds. The molecule has 63 heavy (non-hydrogen) atoms. The van der Waals surface area contributed by atoms with E-state index in [1.807, 2.05) is 0 Å². The van der Waals surface area contributed by atoms with Crippen LogP contribution in [0.4, 0.5) is 34.1 Å². The normalized spacial score (nSPS) is 14.1. The standard InChI is InChI=1S/C61H42N2/c1-5-20-43(21-6-1)45-24-17-30-49(40-45)62(47-26-9-3-10-27-47)51-38-39-53-52-32-13-15-34-55(52)61(58(53)42-51)56-35-16-14-33-54(56)60-57(61)36-19-37-59(60)63(48-28-11-4-12-29-48)50-31-18-25-46(41-50)44-22-7-2-8-23-44/h1-42H. The summed E-state index contributed by atoms with van der Waals surface area (Å²) in [6.07, 6.45) is 0. The Labute approximate surface area is 369 Å². The smallest absolute Gasteiger partial charge is 0.0727 e. The molecule has 2 aliphatic rings. The largest absolute Gasteiger partial charge is 0.310 e. The van der Waals surface area contributed by atoms with Gasteiger partial charge in [-0.15, -0.1) is 0 Å². The lowest BCUT2D eigenvalue weighted by Crippen LogP contribution is -2.26. The Morgan fingerprint density at radius 3 is 1.27 bits per heavy atom. The van der Waals surface area contributed by atoms with Crippen molar-refractivity contribution in [2.24, 2.45) is 0 Å². The third-order valence-corrected chi connectivity index (χ3v) is 13.0. The van der Waals surface area contributed by atoms with Crippen molar-refractivity contribution in [1.29, 1.82) is 0 Å². The third kappa shape index (κ3) is 5.87. The fraction of sp³-hybridized carbons (Fsp3) is 0.0164. The van der Waals surface area contributed by atoms with E-state index in [9.17, 15) is 0 Å². The van der Waals surface area contributed by atoms with Crippen molar-refractivity contribution < 1.29 is 0 Å². The maximum absolute atomic E-state index is 2.48. The van der Waals surface area contributed by atoms with Gasteiger partial charge in [0, 0.05) is 34.0 Å². The van der Waals surface area contributed by atoms with Gasteiger partial charge < -0.3 is 9.80 Å². The van der Waals surface area contributed by atoms with Gasteiger partial charge in [-0.25, -0.2) is 0 Å². The Hall–Kier alpha value is -8.20. The molecule has 296 valence electrons. The van der Waals surface area contributed by atoms with E-state index in [2.05, 4.69) is 265 Å². The van der Waals surface area contributed by atoms with Gasteiger partial charge in [-0.2, -0.15) is 0 Å². The second-order valence-corrected chi connectivity index (χ2v) is 16.4. The van der Waals surface area contributed by atoms with E-state index in [0.29, 0.717) is 0 Å². The van der Waals surface area contributed by atoms with Crippen LogP contribution in [0, 0.1) is 0 Å². The van der Waals surface area contributed by atoms with E-state index >= 15 is 0 Å². The topological polar surface area (TPSA) is 6.48 Å². The summed E-state index contributed by atoms with van der Waals surface area (Å²) in [5, 5.41) is 0. The molecule has 0 radical (unpaired) electrons. The van der Waals surface area contributed by atoms with Crippen molar-refractivity contribution in [2.75, 3.05) is 9.80 Å². The fourth-order valence-corrected chi connectivity index (χ4v) is 10.4. The SMILES string of the molecule is c1ccc(-c2cccc(N(c3ccccc3)c3ccc4c(c3)C3(c5ccccc5-4)c4ccccc4-c4c(N(c5ccccc5)c5cccc(-c6ccccc6)c5)cccc43)c2)cc1. The first-order chi connectivity index (χ1) is 31.3. The second-order valence-electron chi connectivity index (χ2n) is 16.4. The molecule has 2 heteroatoms. The predicted molar refractivity (Wildman–Crippen MR) is 263 cm³/mol. The van der Waals surface area contributed by atoms with Gasteiger partial charge in [0.2, 0.25) is 0 Å². The zero-order valence-electron chi connectivity index (χ0n) is 34.6. The van der Waals surface area contributed by atoms with Gasteiger partial charge in [-0.05, 0) is 128 Å². The van der Waals surface area contributed by atoms with Gasteiger partial charge in [0.25, 0.3) is 0 Å². The summed E-state index contributed by atoms with van der Waals surface area (Å²) in [6, 6.07) is 93.2. The summed E-state index contributed by atoms with van der Waals surface area (Å²) in [7, 11) is 0. The van der Waals surface area contributed by atoms with Crippen molar-refractivity contribution in [1.82, 2.24) is 0 Å². The number of benzene rings is 10. The minimum Gasteiger partial charge on any atom is -0.310 e. The van der Waals surface area contributed by atoms with Crippen molar-refractivity contribution in [3.8, 4) is 44.5 Å². The summed E-state index contributed by atoms with van der Waals surface area (Å²) >= 11 is 0. The minimum atomic E-state index is -0.563. The van der Waals surface area contributed by atoms with Crippen LogP contribution in [0.5, 0.6) is 0 Å². The Kier molecular flexibility index (Phi) is 8.76. The van der Waals surface area contributed by atoms with Crippen LogP contribution in [-0.4, -0.2) is 0 Å². The Morgan fingerprint density at radius 1 is 0.238 bits per heavy atom. The fourth-order valence-electron chi connectivity index (χ4n) is 10.4. The van der Waals surface area contributed by atoms with Crippen LogP contribution in [0.25, 0.3) is 44.5 Å². The Balaban J connectivity index is 1.10. The molecule has 0 bridgehead atoms. The maximum Gasteiger partial charge on any atom is 0.0727 e. The van der Waals surface area contributed by atoms with Crippen molar-refractivity contribution in [3.63, 3.8) is 0 Å². The molecule has 0 N–H and O–H groups in total. The number of rotatable bonds is 8. The first kappa shape index (κ1) is 36.6. The molecule has 0 aromatic heterocycles. The van der Waals surface area contributed by atoms with Crippen LogP contribution in [-0.2, 0) is 5.41 Å². The van der Waals surface area contributed by atoms with Gasteiger partial charge in [0.15, 0.2) is 0 Å². The number of nitrogens with zero attached hydrogens (tertiary/aromatic N) is 2.